The molecular formula is C10H13N3O4S2. The zero-order valence-electron chi connectivity index (χ0n) is 10.4. The fourth-order valence-corrected chi connectivity index (χ4v) is 3.33. The van der Waals surface area contributed by atoms with E-state index in [0.717, 1.165) is 11.3 Å². The maximum atomic E-state index is 11.8. The molecule has 0 aliphatic rings. The molecule has 0 aromatic carbocycles. The van der Waals surface area contributed by atoms with E-state index in [1.54, 1.807) is 18.4 Å². The number of nitriles is 1. The van der Waals surface area contributed by atoms with Gasteiger partial charge in [0.1, 0.15) is 0 Å². The molecule has 0 aliphatic carbocycles. The fourth-order valence-electron chi connectivity index (χ4n) is 1.23. The smallest absolute Gasteiger partial charge is 0.311 e. The Labute approximate surface area is 115 Å². The van der Waals surface area contributed by atoms with Gasteiger partial charge in [0, 0.05) is 5.38 Å². The number of sulfonamides is 1. The summed E-state index contributed by atoms with van der Waals surface area (Å²) in [5, 5.41) is 9.31. The summed E-state index contributed by atoms with van der Waals surface area (Å²) in [6, 6.07) is 1.71. The maximum absolute atomic E-state index is 11.8. The van der Waals surface area contributed by atoms with Gasteiger partial charge in [0.2, 0.25) is 0 Å². The third-order valence-electron chi connectivity index (χ3n) is 2.22. The van der Waals surface area contributed by atoms with E-state index in [1.807, 2.05) is 0 Å². The van der Waals surface area contributed by atoms with E-state index in [4.69, 9.17) is 5.26 Å². The van der Waals surface area contributed by atoms with Crippen LogP contribution in [0.3, 0.4) is 0 Å². The number of anilines is 1. The Bertz CT molecular complexity index is 588. The Hall–Kier alpha value is -1.66. The van der Waals surface area contributed by atoms with Crippen LogP contribution in [0.25, 0.3) is 0 Å². The Kier molecular flexibility index (Phi) is 5.26. The number of carbonyl (C=O) groups is 1. The minimum Gasteiger partial charge on any atom is -0.469 e. The molecule has 1 aromatic rings. The molecule has 0 radical (unpaired) electrons. The van der Waals surface area contributed by atoms with Crippen LogP contribution in [-0.2, 0) is 26.0 Å². The first-order valence-corrected chi connectivity index (χ1v) is 7.78. The predicted octanol–water partition coefficient (Wildman–Crippen LogP) is 0.902. The number of hydrogen-bond acceptors (Lipinski definition) is 7. The quantitative estimate of drug-likeness (QED) is 0.782. The normalized spacial score (nSPS) is 12.5. The molecule has 0 fully saturated rings. The van der Waals surface area contributed by atoms with Crippen molar-refractivity contribution in [1.29, 1.82) is 5.26 Å². The van der Waals surface area contributed by atoms with Crippen molar-refractivity contribution in [3.05, 3.63) is 11.1 Å². The summed E-state index contributed by atoms with van der Waals surface area (Å²) in [6.07, 6.45) is 0.163. The van der Waals surface area contributed by atoms with Gasteiger partial charge in [-0.05, 0) is 6.42 Å². The van der Waals surface area contributed by atoms with E-state index in [2.05, 4.69) is 14.4 Å². The molecule has 1 unspecified atom stereocenters. The van der Waals surface area contributed by atoms with Crippen molar-refractivity contribution in [2.75, 3.05) is 11.8 Å². The molecule has 19 heavy (non-hydrogen) atoms. The topological polar surface area (TPSA) is 109 Å². The second kappa shape index (κ2) is 6.49. The number of rotatable bonds is 6. The van der Waals surface area contributed by atoms with Gasteiger partial charge in [0.25, 0.3) is 10.0 Å². The number of ether oxygens (including phenoxy) is 1. The van der Waals surface area contributed by atoms with E-state index >= 15 is 0 Å². The van der Waals surface area contributed by atoms with Crippen LogP contribution in [0.15, 0.2) is 5.38 Å². The first-order chi connectivity index (χ1) is 8.92. The van der Waals surface area contributed by atoms with Crippen LogP contribution in [-0.4, -0.2) is 31.7 Å². The number of carbonyl (C=O) groups excluding carboxylic acids is 1. The summed E-state index contributed by atoms with van der Waals surface area (Å²) in [6.45, 7) is 1.61. The Morgan fingerprint density at radius 3 is 2.89 bits per heavy atom. The molecule has 104 valence electrons. The summed E-state index contributed by atoms with van der Waals surface area (Å²) in [5.74, 6) is -0.455. The van der Waals surface area contributed by atoms with E-state index in [0.29, 0.717) is 5.69 Å². The number of thiazole rings is 1. The minimum absolute atomic E-state index is 0.0236. The molecule has 0 amide bonds. The highest BCUT2D eigenvalue weighted by Gasteiger charge is 2.24. The summed E-state index contributed by atoms with van der Waals surface area (Å²) < 4.78 is 30.3. The second-order valence-electron chi connectivity index (χ2n) is 3.57. The number of nitrogens with zero attached hydrogens (tertiary/aromatic N) is 2. The first-order valence-electron chi connectivity index (χ1n) is 5.35. The Morgan fingerprint density at radius 1 is 1.68 bits per heavy atom. The van der Waals surface area contributed by atoms with Crippen LogP contribution in [0.4, 0.5) is 5.13 Å². The molecule has 1 heterocycles. The SMILES string of the molecule is CCC(C#N)S(=O)(=O)Nc1nc(CC(=O)OC)cs1. The van der Waals surface area contributed by atoms with Crippen molar-refractivity contribution in [2.24, 2.45) is 0 Å². The molecule has 1 N–H and O–H groups in total. The largest absolute Gasteiger partial charge is 0.469 e. The Morgan fingerprint density at radius 2 is 2.37 bits per heavy atom. The van der Waals surface area contributed by atoms with E-state index in [9.17, 15) is 13.2 Å². The van der Waals surface area contributed by atoms with Crippen LogP contribution in [0, 0.1) is 11.3 Å². The number of hydrogen-bond donors (Lipinski definition) is 1. The standard InChI is InChI=1S/C10H13N3O4S2/c1-3-8(5-11)19(15,16)13-10-12-7(6-18-10)4-9(14)17-2/h6,8H,3-4H2,1-2H3,(H,12,13). The van der Waals surface area contributed by atoms with Gasteiger partial charge in [0.15, 0.2) is 10.4 Å². The lowest BCUT2D eigenvalue weighted by molar-refractivity contribution is -0.139. The van der Waals surface area contributed by atoms with Gasteiger partial charge < -0.3 is 4.74 Å². The molecule has 0 spiro atoms. The van der Waals surface area contributed by atoms with Crippen LogP contribution < -0.4 is 4.72 Å². The van der Waals surface area contributed by atoms with Crippen molar-refractivity contribution in [2.45, 2.75) is 25.0 Å². The van der Waals surface area contributed by atoms with Crippen LogP contribution in [0.2, 0.25) is 0 Å². The Balaban J connectivity index is 2.79. The van der Waals surface area contributed by atoms with Gasteiger partial charge in [-0.1, -0.05) is 6.92 Å². The average Bonchev–Trinajstić information content (AvgIpc) is 2.76. The predicted molar refractivity (Wildman–Crippen MR) is 70.1 cm³/mol. The van der Waals surface area contributed by atoms with E-state index < -0.39 is 21.2 Å². The molecule has 0 aliphatic heterocycles. The molecule has 0 bridgehead atoms. The lowest BCUT2D eigenvalue weighted by atomic mass is 10.3. The van der Waals surface area contributed by atoms with E-state index in [-0.39, 0.29) is 18.0 Å². The van der Waals surface area contributed by atoms with Crippen molar-refractivity contribution in [3.63, 3.8) is 0 Å². The van der Waals surface area contributed by atoms with Crippen molar-refractivity contribution in [1.82, 2.24) is 4.98 Å². The molecule has 1 aromatic heterocycles. The van der Waals surface area contributed by atoms with Crippen molar-refractivity contribution < 1.29 is 17.9 Å². The summed E-state index contributed by atoms with van der Waals surface area (Å²) in [5.41, 5.74) is 0.416. The molecular weight excluding hydrogens is 290 g/mol. The van der Waals surface area contributed by atoms with Gasteiger partial charge in [-0.25, -0.2) is 13.4 Å². The zero-order valence-corrected chi connectivity index (χ0v) is 12.0. The fraction of sp³-hybridized carbons (Fsp3) is 0.500. The maximum Gasteiger partial charge on any atom is 0.311 e. The monoisotopic (exact) mass is 303 g/mol. The van der Waals surface area contributed by atoms with Crippen molar-refractivity contribution >= 4 is 32.5 Å². The van der Waals surface area contributed by atoms with Gasteiger partial charge in [-0.3, -0.25) is 9.52 Å². The van der Waals surface area contributed by atoms with Crippen LogP contribution in [0.5, 0.6) is 0 Å². The highest BCUT2D eigenvalue weighted by atomic mass is 32.2. The molecule has 1 atom stereocenters. The molecule has 1 rings (SSSR count). The third-order valence-corrected chi connectivity index (χ3v) is 4.83. The highest BCUT2D eigenvalue weighted by molar-refractivity contribution is 7.93. The van der Waals surface area contributed by atoms with Gasteiger partial charge in [0.05, 0.1) is 25.3 Å². The lowest BCUT2D eigenvalue weighted by Crippen LogP contribution is -2.25. The third kappa shape index (κ3) is 4.18. The van der Waals surface area contributed by atoms with Gasteiger partial charge >= 0.3 is 5.97 Å². The number of esters is 1. The summed E-state index contributed by atoms with van der Waals surface area (Å²) in [4.78, 5) is 15.0. The number of aromatic nitrogens is 1. The highest BCUT2D eigenvalue weighted by Crippen LogP contribution is 2.19. The summed E-state index contributed by atoms with van der Waals surface area (Å²) >= 11 is 1.05. The first kappa shape index (κ1) is 15.4. The molecule has 9 heteroatoms. The van der Waals surface area contributed by atoms with Crippen LogP contribution in [0.1, 0.15) is 19.0 Å². The zero-order chi connectivity index (χ0) is 14.5. The van der Waals surface area contributed by atoms with Gasteiger partial charge in [-0.2, -0.15) is 5.26 Å². The molecule has 0 saturated heterocycles. The molecule has 0 saturated carbocycles. The molecule has 7 nitrogen and oxygen atoms in total. The number of methoxy groups -OCH3 is 1. The van der Waals surface area contributed by atoms with E-state index in [1.165, 1.54) is 7.11 Å². The van der Waals surface area contributed by atoms with Crippen molar-refractivity contribution in [3.8, 4) is 6.07 Å². The summed E-state index contributed by atoms with van der Waals surface area (Å²) in [7, 11) is -2.51. The second-order valence-corrected chi connectivity index (χ2v) is 6.29. The minimum atomic E-state index is -3.78. The lowest BCUT2D eigenvalue weighted by Gasteiger charge is -2.08. The van der Waals surface area contributed by atoms with Crippen LogP contribution >= 0.6 is 11.3 Å². The van der Waals surface area contributed by atoms with Gasteiger partial charge in [-0.15, -0.1) is 11.3 Å². The number of nitrogens with one attached hydrogen (secondary N) is 1. The average molecular weight is 303 g/mol.